The molecule has 1 amide bonds. The van der Waals surface area contributed by atoms with Gasteiger partial charge in [0.15, 0.2) is 0 Å². The number of hydrogen-bond donors (Lipinski definition) is 0. The summed E-state index contributed by atoms with van der Waals surface area (Å²) < 4.78 is 32.2. The van der Waals surface area contributed by atoms with Crippen LogP contribution >= 0.6 is 11.3 Å². The molecule has 2 aromatic rings. The molecule has 28 heavy (non-hydrogen) atoms. The molecule has 0 aliphatic carbocycles. The average molecular weight is 425 g/mol. The standard InChI is InChI=1S/C17H19N3O6S2/c1-2-26-13-3-5-14(6-4-13)28(24,25)19-11-9-18(10-12-19)17(21)15-7-8-16(27-15)20(22)23/h3-8H,2,9-12H2,1H3. The van der Waals surface area contributed by atoms with Gasteiger partial charge in [-0.15, -0.1) is 0 Å². The Morgan fingerprint density at radius 3 is 2.32 bits per heavy atom. The highest BCUT2D eigenvalue weighted by Crippen LogP contribution is 2.26. The fourth-order valence-electron chi connectivity index (χ4n) is 2.85. The molecule has 0 atom stereocenters. The smallest absolute Gasteiger partial charge is 0.324 e. The second kappa shape index (κ2) is 8.25. The van der Waals surface area contributed by atoms with Gasteiger partial charge >= 0.3 is 5.00 Å². The lowest BCUT2D eigenvalue weighted by molar-refractivity contribution is -0.380. The van der Waals surface area contributed by atoms with Crippen LogP contribution in [0.25, 0.3) is 0 Å². The van der Waals surface area contributed by atoms with Crippen molar-refractivity contribution in [2.24, 2.45) is 0 Å². The summed E-state index contributed by atoms with van der Waals surface area (Å²) in [5, 5.41) is 10.7. The highest BCUT2D eigenvalue weighted by molar-refractivity contribution is 7.89. The van der Waals surface area contributed by atoms with E-state index < -0.39 is 14.9 Å². The lowest BCUT2D eigenvalue weighted by atomic mass is 10.3. The average Bonchev–Trinajstić information content (AvgIpc) is 3.19. The molecule has 0 saturated carbocycles. The van der Waals surface area contributed by atoms with Gasteiger partial charge in [-0.05, 0) is 37.3 Å². The molecule has 0 bridgehead atoms. The molecule has 1 saturated heterocycles. The summed E-state index contributed by atoms with van der Waals surface area (Å²) in [7, 11) is -3.66. The molecule has 3 rings (SSSR count). The van der Waals surface area contributed by atoms with Crippen LogP contribution in [0.4, 0.5) is 5.00 Å². The molecule has 1 fully saturated rings. The monoisotopic (exact) mass is 425 g/mol. The van der Waals surface area contributed by atoms with E-state index in [0.29, 0.717) is 12.4 Å². The van der Waals surface area contributed by atoms with Gasteiger partial charge in [-0.2, -0.15) is 4.31 Å². The predicted octanol–water partition coefficient (Wildman–Crippen LogP) is 2.20. The normalized spacial score (nSPS) is 15.4. The second-order valence-electron chi connectivity index (χ2n) is 6.00. The Kier molecular flexibility index (Phi) is 5.96. The summed E-state index contributed by atoms with van der Waals surface area (Å²) in [4.78, 5) is 24.7. The number of nitro groups is 1. The third kappa shape index (κ3) is 4.16. The molecule has 1 aromatic heterocycles. The van der Waals surface area contributed by atoms with Gasteiger partial charge < -0.3 is 9.64 Å². The van der Waals surface area contributed by atoms with E-state index in [9.17, 15) is 23.3 Å². The van der Waals surface area contributed by atoms with Crippen molar-refractivity contribution in [1.29, 1.82) is 0 Å². The van der Waals surface area contributed by atoms with Crippen LogP contribution in [0, 0.1) is 10.1 Å². The molecule has 1 aromatic carbocycles. The van der Waals surface area contributed by atoms with Crippen molar-refractivity contribution in [2.75, 3.05) is 32.8 Å². The van der Waals surface area contributed by atoms with Crippen molar-refractivity contribution in [3.8, 4) is 5.75 Å². The number of ether oxygens (including phenoxy) is 1. The predicted molar refractivity (Wildman–Crippen MR) is 103 cm³/mol. The number of thiophene rings is 1. The number of nitrogens with zero attached hydrogens (tertiary/aromatic N) is 3. The number of benzene rings is 1. The van der Waals surface area contributed by atoms with Crippen molar-refractivity contribution in [1.82, 2.24) is 9.21 Å². The first kappa shape index (κ1) is 20.2. The van der Waals surface area contributed by atoms with E-state index in [2.05, 4.69) is 0 Å². The second-order valence-corrected chi connectivity index (χ2v) is 9.00. The Balaban J connectivity index is 1.65. The molecule has 0 radical (unpaired) electrons. The number of piperazine rings is 1. The topological polar surface area (TPSA) is 110 Å². The highest BCUT2D eigenvalue weighted by atomic mass is 32.2. The van der Waals surface area contributed by atoms with Gasteiger partial charge in [0.25, 0.3) is 5.91 Å². The van der Waals surface area contributed by atoms with Gasteiger partial charge in [0.1, 0.15) is 5.75 Å². The molecule has 11 heteroatoms. The van der Waals surface area contributed by atoms with E-state index in [1.165, 1.54) is 33.5 Å². The van der Waals surface area contributed by atoms with Crippen LogP contribution in [0.15, 0.2) is 41.3 Å². The summed E-state index contributed by atoms with van der Waals surface area (Å²) in [5.41, 5.74) is 0. The lowest BCUT2D eigenvalue weighted by Crippen LogP contribution is -2.50. The zero-order chi connectivity index (χ0) is 20.3. The van der Waals surface area contributed by atoms with Crippen molar-refractivity contribution in [3.63, 3.8) is 0 Å². The molecule has 0 unspecified atom stereocenters. The van der Waals surface area contributed by atoms with Crippen molar-refractivity contribution < 1.29 is 22.9 Å². The minimum absolute atomic E-state index is 0.0972. The van der Waals surface area contributed by atoms with E-state index >= 15 is 0 Å². The van der Waals surface area contributed by atoms with Gasteiger partial charge in [0.05, 0.1) is 21.3 Å². The van der Waals surface area contributed by atoms with E-state index in [-0.39, 0.29) is 46.9 Å². The van der Waals surface area contributed by atoms with Crippen molar-refractivity contribution >= 4 is 32.3 Å². The van der Waals surface area contributed by atoms with Gasteiger partial charge in [-0.1, -0.05) is 11.3 Å². The number of carbonyl (C=O) groups is 1. The van der Waals surface area contributed by atoms with Crippen LogP contribution in [0.3, 0.4) is 0 Å². The van der Waals surface area contributed by atoms with Crippen LogP contribution in [0.1, 0.15) is 16.6 Å². The van der Waals surface area contributed by atoms with Crippen LogP contribution in [-0.4, -0.2) is 61.2 Å². The van der Waals surface area contributed by atoms with Gasteiger partial charge in [0.2, 0.25) is 10.0 Å². The van der Waals surface area contributed by atoms with E-state index in [1.54, 1.807) is 12.1 Å². The fraction of sp³-hybridized carbons (Fsp3) is 0.353. The molecule has 150 valence electrons. The third-order valence-corrected chi connectivity index (χ3v) is 7.22. The van der Waals surface area contributed by atoms with Crippen LogP contribution < -0.4 is 4.74 Å². The first-order chi connectivity index (χ1) is 13.3. The number of hydrogen-bond acceptors (Lipinski definition) is 7. The van der Waals surface area contributed by atoms with Crippen molar-refractivity contribution in [3.05, 3.63) is 51.4 Å². The largest absolute Gasteiger partial charge is 0.494 e. The van der Waals surface area contributed by atoms with Gasteiger partial charge in [-0.3, -0.25) is 14.9 Å². The van der Waals surface area contributed by atoms with Crippen LogP contribution in [0.2, 0.25) is 0 Å². The van der Waals surface area contributed by atoms with E-state index in [0.717, 1.165) is 11.3 Å². The van der Waals surface area contributed by atoms with Gasteiger partial charge in [0, 0.05) is 32.2 Å². The molecule has 9 nitrogen and oxygen atoms in total. The van der Waals surface area contributed by atoms with Crippen molar-refractivity contribution in [2.45, 2.75) is 11.8 Å². The Bertz CT molecular complexity index is 963. The Labute approximate surface area is 166 Å². The minimum Gasteiger partial charge on any atom is -0.494 e. The SMILES string of the molecule is CCOc1ccc(S(=O)(=O)N2CCN(C(=O)c3ccc([N+](=O)[O-])s3)CC2)cc1. The van der Waals surface area contributed by atoms with Crippen LogP contribution in [-0.2, 0) is 10.0 Å². The fourth-order valence-corrected chi connectivity index (χ4v) is 5.06. The van der Waals surface area contributed by atoms with E-state index in [4.69, 9.17) is 4.74 Å². The Hall–Kier alpha value is -2.50. The summed E-state index contributed by atoms with van der Waals surface area (Å²) in [6.45, 7) is 3.11. The third-order valence-electron chi connectivity index (χ3n) is 4.28. The van der Waals surface area contributed by atoms with E-state index in [1.807, 2.05) is 6.92 Å². The quantitative estimate of drug-likeness (QED) is 0.518. The summed E-state index contributed by atoms with van der Waals surface area (Å²) >= 11 is 0.817. The number of carbonyl (C=O) groups excluding carboxylic acids is 1. The number of amides is 1. The summed E-state index contributed by atoms with van der Waals surface area (Å²) in [6.07, 6.45) is 0. The molecule has 1 aliphatic rings. The maximum absolute atomic E-state index is 12.8. The minimum atomic E-state index is -3.66. The number of sulfonamides is 1. The van der Waals surface area contributed by atoms with Crippen LogP contribution in [0.5, 0.6) is 5.75 Å². The molecule has 2 heterocycles. The molecule has 1 aliphatic heterocycles. The highest BCUT2D eigenvalue weighted by Gasteiger charge is 2.31. The molecule has 0 N–H and O–H groups in total. The first-order valence-electron chi connectivity index (χ1n) is 8.59. The molecule has 0 spiro atoms. The van der Waals surface area contributed by atoms with Gasteiger partial charge in [-0.25, -0.2) is 8.42 Å². The maximum Gasteiger partial charge on any atom is 0.324 e. The lowest BCUT2D eigenvalue weighted by Gasteiger charge is -2.33. The zero-order valence-electron chi connectivity index (χ0n) is 15.1. The summed E-state index contributed by atoms with van der Waals surface area (Å²) in [5.74, 6) is 0.276. The molecular formula is C17H19N3O6S2. The Morgan fingerprint density at radius 1 is 1.14 bits per heavy atom. The Morgan fingerprint density at radius 2 is 1.79 bits per heavy atom. The maximum atomic E-state index is 12.8. The molecular weight excluding hydrogens is 406 g/mol. The first-order valence-corrected chi connectivity index (χ1v) is 10.8. The zero-order valence-corrected chi connectivity index (χ0v) is 16.7. The summed E-state index contributed by atoms with van der Waals surface area (Å²) in [6, 6.07) is 8.95. The number of rotatable bonds is 6.